The topological polar surface area (TPSA) is 91.3 Å². The van der Waals surface area contributed by atoms with Gasteiger partial charge in [-0.3, -0.25) is 10.1 Å². The van der Waals surface area contributed by atoms with Gasteiger partial charge in [-0.25, -0.2) is 9.97 Å². The molecular formula is C11H11N3O4. The molecule has 0 saturated heterocycles. The molecule has 0 fully saturated rings. The van der Waals surface area contributed by atoms with Crippen LogP contribution in [0.5, 0.6) is 5.75 Å². The van der Waals surface area contributed by atoms with Crippen LogP contribution in [0.25, 0.3) is 11.6 Å². The van der Waals surface area contributed by atoms with Crippen LogP contribution in [0.4, 0.5) is 5.88 Å². The fourth-order valence-electron chi connectivity index (χ4n) is 1.28. The molecule has 0 saturated carbocycles. The Balaban J connectivity index is 2.15. The van der Waals surface area contributed by atoms with Gasteiger partial charge in [-0.15, -0.1) is 0 Å². The van der Waals surface area contributed by atoms with Crippen LogP contribution < -0.4 is 4.74 Å². The summed E-state index contributed by atoms with van der Waals surface area (Å²) >= 11 is 0. The van der Waals surface area contributed by atoms with Crippen molar-refractivity contribution in [3.63, 3.8) is 0 Å². The molecule has 94 valence electrons. The molecule has 7 heteroatoms. The molecule has 0 aliphatic heterocycles. The number of ether oxygens (including phenoxy) is 1. The van der Waals surface area contributed by atoms with Crippen molar-refractivity contribution in [3.05, 3.63) is 34.6 Å². The molecule has 0 bridgehead atoms. The summed E-state index contributed by atoms with van der Waals surface area (Å²) in [4.78, 5) is 17.9. The molecule has 0 aliphatic rings. The Morgan fingerprint density at radius 1 is 1.39 bits per heavy atom. The maximum atomic E-state index is 10.5. The number of rotatable bonds is 5. The molecule has 0 aliphatic carbocycles. The third-order valence-electron chi connectivity index (χ3n) is 2.09. The van der Waals surface area contributed by atoms with Crippen LogP contribution in [0.3, 0.4) is 0 Å². The molecule has 0 spiro atoms. The van der Waals surface area contributed by atoms with Crippen molar-refractivity contribution < 1.29 is 14.1 Å². The largest absolute Gasteiger partial charge is 0.490 e. The summed E-state index contributed by atoms with van der Waals surface area (Å²) in [5.74, 6) is 0.761. The molecule has 2 aromatic rings. The normalized spacial score (nSPS) is 10.3. The quantitative estimate of drug-likeness (QED) is 0.597. The molecule has 0 radical (unpaired) electrons. The molecule has 18 heavy (non-hydrogen) atoms. The van der Waals surface area contributed by atoms with Gasteiger partial charge in [0.1, 0.15) is 4.92 Å². The lowest BCUT2D eigenvalue weighted by atomic mass is 10.4. The summed E-state index contributed by atoms with van der Waals surface area (Å²) in [7, 11) is 0. The van der Waals surface area contributed by atoms with Gasteiger partial charge < -0.3 is 9.15 Å². The van der Waals surface area contributed by atoms with E-state index in [1.807, 2.05) is 6.92 Å². The minimum absolute atomic E-state index is 0.253. The van der Waals surface area contributed by atoms with Crippen LogP contribution in [0.15, 0.2) is 28.9 Å². The number of hydrogen-bond donors (Lipinski definition) is 0. The van der Waals surface area contributed by atoms with Gasteiger partial charge in [0.2, 0.25) is 0 Å². The Kier molecular flexibility index (Phi) is 3.52. The third-order valence-corrected chi connectivity index (χ3v) is 2.09. The van der Waals surface area contributed by atoms with Crippen molar-refractivity contribution in [2.75, 3.05) is 6.61 Å². The average Bonchev–Trinajstić information content (AvgIpc) is 2.87. The van der Waals surface area contributed by atoms with E-state index < -0.39 is 4.92 Å². The Morgan fingerprint density at radius 2 is 2.11 bits per heavy atom. The van der Waals surface area contributed by atoms with Gasteiger partial charge in [-0.1, -0.05) is 6.92 Å². The molecule has 2 aromatic heterocycles. The predicted octanol–water partition coefficient (Wildman–Crippen LogP) is 2.43. The summed E-state index contributed by atoms with van der Waals surface area (Å²) < 4.78 is 10.3. The molecular weight excluding hydrogens is 238 g/mol. The zero-order valence-corrected chi connectivity index (χ0v) is 9.70. The SMILES string of the molecule is CCCOc1cnc(-c2ccc([N+](=O)[O-])o2)nc1. The van der Waals surface area contributed by atoms with Crippen molar-refractivity contribution in [2.24, 2.45) is 0 Å². The number of furan rings is 1. The second-order valence-electron chi connectivity index (χ2n) is 3.49. The molecule has 0 atom stereocenters. The number of nitrogens with zero attached hydrogens (tertiary/aromatic N) is 3. The first-order valence-electron chi connectivity index (χ1n) is 5.40. The maximum absolute atomic E-state index is 10.5. The van der Waals surface area contributed by atoms with Crippen LogP contribution >= 0.6 is 0 Å². The van der Waals surface area contributed by atoms with Crippen molar-refractivity contribution in [1.29, 1.82) is 0 Å². The van der Waals surface area contributed by atoms with E-state index >= 15 is 0 Å². The zero-order chi connectivity index (χ0) is 13.0. The lowest BCUT2D eigenvalue weighted by Crippen LogP contribution is -1.97. The van der Waals surface area contributed by atoms with E-state index in [1.165, 1.54) is 24.5 Å². The van der Waals surface area contributed by atoms with Crippen molar-refractivity contribution in [3.8, 4) is 17.3 Å². The van der Waals surface area contributed by atoms with E-state index in [1.54, 1.807) is 0 Å². The van der Waals surface area contributed by atoms with E-state index in [-0.39, 0.29) is 17.5 Å². The lowest BCUT2D eigenvalue weighted by Gasteiger charge is -2.02. The van der Waals surface area contributed by atoms with E-state index in [2.05, 4.69) is 9.97 Å². The highest BCUT2D eigenvalue weighted by molar-refractivity contribution is 5.48. The molecule has 0 aromatic carbocycles. The summed E-state index contributed by atoms with van der Waals surface area (Å²) in [6, 6.07) is 2.72. The van der Waals surface area contributed by atoms with Gasteiger partial charge in [0.05, 0.1) is 25.1 Å². The van der Waals surface area contributed by atoms with Crippen LogP contribution in [-0.4, -0.2) is 21.5 Å². The first-order valence-corrected chi connectivity index (χ1v) is 5.40. The Morgan fingerprint density at radius 3 is 2.67 bits per heavy atom. The van der Waals surface area contributed by atoms with Crippen LogP contribution in [0.1, 0.15) is 13.3 Å². The van der Waals surface area contributed by atoms with E-state index in [0.29, 0.717) is 12.4 Å². The highest BCUT2D eigenvalue weighted by atomic mass is 16.6. The van der Waals surface area contributed by atoms with Gasteiger partial charge in [0.15, 0.2) is 17.3 Å². The molecule has 0 N–H and O–H groups in total. The van der Waals surface area contributed by atoms with Crippen molar-refractivity contribution >= 4 is 5.88 Å². The summed E-state index contributed by atoms with van der Waals surface area (Å²) in [5.41, 5.74) is 0. The zero-order valence-electron chi connectivity index (χ0n) is 9.70. The van der Waals surface area contributed by atoms with Crippen molar-refractivity contribution in [2.45, 2.75) is 13.3 Å². The van der Waals surface area contributed by atoms with Crippen LogP contribution in [0, 0.1) is 10.1 Å². The summed E-state index contributed by atoms with van der Waals surface area (Å²) in [6.07, 6.45) is 3.91. The van der Waals surface area contributed by atoms with Gasteiger partial charge in [0.25, 0.3) is 0 Å². The first-order chi connectivity index (χ1) is 8.70. The van der Waals surface area contributed by atoms with E-state index in [9.17, 15) is 10.1 Å². The summed E-state index contributed by atoms with van der Waals surface area (Å²) in [5, 5.41) is 10.5. The lowest BCUT2D eigenvalue weighted by molar-refractivity contribution is -0.401. The Hall–Kier alpha value is -2.44. The van der Waals surface area contributed by atoms with Crippen LogP contribution in [0.2, 0.25) is 0 Å². The maximum Gasteiger partial charge on any atom is 0.433 e. The minimum Gasteiger partial charge on any atom is -0.490 e. The number of nitro groups is 1. The fraction of sp³-hybridized carbons (Fsp3) is 0.273. The van der Waals surface area contributed by atoms with Gasteiger partial charge >= 0.3 is 5.88 Å². The summed E-state index contributed by atoms with van der Waals surface area (Å²) in [6.45, 7) is 2.59. The predicted molar refractivity (Wildman–Crippen MR) is 62.2 cm³/mol. The average molecular weight is 249 g/mol. The monoisotopic (exact) mass is 249 g/mol. The molecule has 2 heterocycles. The van der Waals surface area contributed by atoms with Gasteiger partial charge in [-0.2, -0.15) is 0 Å². The van der Waals surface area contributed by atoms with E-state index in [4.69, 9.17) is 9.15 Å². The molecule has 7 nitrogen and oxygen atoms in total. The first kappa shape index (κ1) is 12.0. The second kappa shape index (κ2) is 5.26. The second-order valence-corrected chi connectivity index (χ2v) is 3.49. The Bertz CT molecular complexity index is 535. The molecule has 0 unspecified atom stereocenters. The number of hydrogen-bond acceptors (Lipinski definition) is 6. The fourth-order valence-corrected chi connectivity index (χ4v) is 1.28. The smallest absolute Gasteiger partial charge is 0.433 e. The third kappa shape index (κ3) is 2.62. The Labute approximate surface area is 103 Å². The van der Waals surface area contributed by atoms with E-state index in [0.717, 1.165) is 6.42 Å². The number of aromatic nitrogens is 2. The van der Waals surface area contributed by atoms with Gasteiger partial charge in [0, 0.05) is 0 Å². The highest BCUT2D eigenvalue weighted by Crippen LogP contribution is 2.23. The molecule has 2 rings (SSSR count). The van der Waals surface area contributed by atoms with Crippen molar-refractivity contribution in [1.82, 2.24) is 9.97 Å². The highest BCUT2D eigenvalue weighted by Gasteiger charge is 2.14. The minimum atomic E-state index is -0.609. The standard InChI is InChI=1S/C11H11N3O4/c1-2-5-17-8-6-12-11(13-7-8)9-3-4-10(18-9)14(15)16/h3-4,6-7H,2,5H2,1H3. The molecule has 0 amide bonds. The van der Waals surface area contributed by atoms with Gasteiger partial charge in [-0.05, 0) is 12.5 Å². The van der Waals surface area contributed by atoms with Crippen LogP contribution in [-0.2, 0) is 0 Å².